The van der Waals surface area contributed by atoms with Gasteiger partial charge in [-0.15, -0.1) is 0 Å². The van der Waals surface area contributed by atoms with Crippen molar-refractivity contribution in [3.05, 3.63) is 29.8 Å². The van der Waals surface area contributed by atoms with Crippen LogP contribution in [0.3, 0.4) is 0 Å². The number of aliphatic carboxylic acids is 1. The van der Waals surface area contributed by atoms with Crippen molar-refractivity contribution in [1.82, 2.24) is 4.90 Å². The van der Waals surface area contributed by atoms with E-state index in [1.54, 1.807) is 24.3 Å². The molecule has 0 aliphatic carbocycles. The lowest BCUT2D eigenvalue weighted by molar-refractivity contribution is -0.136. The van der Waals surface area contributed by atoms with Crippen LogP contribution in [-0.4, -0.2) is 45.6 Å². The number of carboxylic acid groups (broad SMARTS) is 1. The molecule has 0 aromatic heterocycles. The Bertz CT molecular complexity index is 452. The first-order valence-electron chi connectivity index (χ1n) is 6.56. The minimum Gasteiger partial charge on any atom is -0.481 e. The minimum absolute atomic E-state index is 0.0146. The average molecular weight is 281 g/mol. The maximum Gasteiger partial charge on any atom is 0.307 e. The molecule has 104 valence electrons. The van der Waals surface area contributed by atoms with Gasteiger partial charge in [-0.1, -0.05) is 12.1 Å². The summed E-state index contributed by atoms with van der Waals surface area (Å²) in [5, 5.41) is 8.69. The fourth-order valence-corrected chi connectivity index (χ4v) is 3.37. The van der Waals surface area contributed by atoms with E-state index in [9.17, 15) is 9.00 Å². The van der Waals surface area contributed by atoms with Crippen LogP contribution in [-0.2, 0) is 22.0 Å². The topological polar surface area (TPSA) is 57.6 Å². The number of hydrogen-bond acceptors (Lipinski definition) is 3. The van der Waals surface area contributed by atoms with E-state index in [0.717, 1.165) is 30.1 Å². The van der Waals surface area contributed by atoms with Gasteiger partial charge in [-0.3, -0.25) is 9.00 Å². The Hall–Kier alpha value is -1.20. The Balaban J connectivity index is 1.86. The van der Waals surface area contributed by atoms with Crippen LogP contribution in [0, 0.1) is 0 Å². The smallest absolute Gasteiger partial charge is 0.307 e. The molecule has 1 heterocycles. The molecule has 0 amide bonds. The van der Waals surface area contributed by atoms with Crippen LogP contribution in [0.4, 0.5) is 0 Å². The summed E-state index contributed by atoms with van der Waals surface area (Å²) in [5.41, 5.74) is 0.743. The van der Waals surface area contributed by atoms with Crippen LogP contribution in [0.15, 0.2) is 29.2 Å². The van der Waals surface area contributed by atoms with Gasteiger partial charge in [-0.25, -0.2) is 0 Å². The van der Waals surface area contributed by atoms with E-state index < -0.39 is 16.8 Å². The second kappa shape index (κ2) is 6.82. The Labute approximate surface area is 115 Å². The van der Waals surface area contributed by atoms with Gasteiger partial charge >= 0.3 is 5.97 Å². The average Bonchev–Trinajstić information content (AvgIpc) is 2.89. The summed E-state index contributed by atoms with van der Waals surface area (Å²) in [7, 11) is -0.989. The molecule has 1 unspecified atom stereocenters. The molecule has 1 aliphatic rings. The number of rotatable bonds is 6. The van der Waals surface area contributed by atoms with Gasteiger partial charge in [0, 0.05) is 17.2 Å². The molecule has 19 heavy (non-hydrogen) atoms. The van der Waals surface area contributed by atoms with Crippen molar-refractivity contribution in [2.24, 2.45) is 0 Å². The third kappa shape index (κ3) is 4.44. The maximum atomic E-state index is 12.1. The molecule has 1 N–H and O–H groups in total. The third-order valence-electron chi connectivity index (χ3n) is 3.33. The molecule has 0 spiro atoms. The highest BCUT2D eigenvalue weighted by molar-refractivity contribution is 7.85. The first-order valence-corrected chi connectivity index (χ1v) is 7.88. The van der Waals surface area contributed by atoms with Gasteiger partial charge in [0.1, 0.15) is 0 Å². The van der Waals surface area contributed by atoms with Crippen LogP contribution >= 0.6 is 0 Å². The zero-order valence-electron chi connectivity index (χ0n) is 10.9. The summed E-state index contributed by atoms with van der Waals surface area (Å²) in [6.07, 6.45) is 2.51. The Kier molecular flexibility index (Phi) is 5.10. The SMILES string of the molecule is O=C(O)Cc1ccc(S(=O)CCN2CCCC2)cc1. The molecular formula is C14H19NO3S. The highest BCUT2D eigenvalue weighted by atomic mass is 32.2. The first kappa shape index (κ1) is 14.2. The fraction of sp³-hybridized carbons (Fsp3) is 0.500. The van der Waals surface area contributed by atoms with Gasteiger partial charge in [0.2, 0.25) is 0 Å². The molecule has 1 aromatic rings. The molecule has 1 saturated heterocycles. The van der Waals surface area contributed by atoms with Crippen molar-refractivity contribution in [1.29, 1.82) is 0 Å². The number of nitrogens with zero attached hydrogens (tertiary/aromatic N) is 1. The largest absolute Gasteiger partial charge is 0.481 e. The van der Waals surface area contributed by atoms with Crippen molar-refractivity contribution in [2.45, 2.75) is 24.2 Å². The lowest BCUT2D eigenvalue weighted by Crippen LogP contribution is -2.24. The number of carbonyl (C=O) groups is 1. The Morgan fingerprint density at radius 2 is 1.84 bits per heavy atom. The van der Waals surface area contributed by atoms with Gasteiger partial charge in [-0.2, -0.15) is 0 Å². The van der Waals surface area contributed by atoms with E-state index in [1.165, 1.54) is 12.8 Å². The highest BCUT2D eigenvalue weighted by Gasteiger charge is 2.13. The van der Waals surface area contributed by atoms with Crippen LogP contribution in [0.5, 0.6) is 0 Å². The quantitative estimate of drug-likeness (QED) is 0.859. The van der Waals surface area contributed by atoms with E-state index in [2.05, 4.69) is 4.90 Å². The predicted octanol–water partition coefficient (Wildman–Crippen LogP) is 1.52. The van der Waals surface area contributed by atoms with Crippen molar-refractivity contribution >= 4 is 16.8 Å². The molecule has 0 saturated carbocycles. The number of likely N-dealkylation sites (tertiary alicyclic amines) is 1. The van der Waals surface area contributed by atoms with E-state index in [1.807, 2.05) is 0 Å². The second-order valence-electron chi connectivity index (χ2n) is 4.81. The van der Waals surface area contributed by atoms with Crippen molar-refractivity contribution < 1.29 is 14.1 Å². The third-order valence-corrected chi connectivity index (χ3v) is 4.68. The van der Waals surface area contributed by atoms with Gasteiger partial charge < -0.3 is 10.0 Å². The van der Waals surface area contributed by atoms with Gasteiger partial charge in [-0.05, 0) is 43.6 Å². The molecule has 1 fully saturated rings. The first-order chi connectivity index (χ1) is 9.15. The maximum absolute atomic E-state index is 12.1. The second-order valence-corrected chi connectivity index (χ2v) is 6.38. The fourth-order valence-electron chi connectivity index (χ4n) is 2.27. The summed E-state index contributed by atoms with van der Waals surface area (Å²) in [5.74, 6) is -0.193. The number of carboxylic acids is 1. The van der Waals surface area contributed by atoms with Crippen LogP contribution in [0.1, 0.15) is 18.4 Å². The summed E-state index contributed by atoms with van der Waals surface area (Å²) in [6, 6.07) is 7.05. The van der Waals surface area contributed by atoms with E-state index in [4.69, 9.17) is 5.11 Å². The molecular weight excluding hydrogens is 262 g/mol. The number of hydrogen-bond donors (Lipinski definition) is 1. The van der Waals surface area contributed by atoms with Gasteiger partial charge in [0.25, 0.3) is 0 Å². The molecule has 5 heteroatoms. The van der Waals surface area contributed by atoms with E-state index >= 15 is 0 Å². The Morgan fingerprint density at radius 1 is 1.21 bits per heavy atom. The summed E-state index contributed by atoms with van der Waals surface area (Å²) < 4.78 is 12.1. The molecule has 0 radical (unpaired) electrons. The van der Waals surface area contributed by atoms with Gasteiger partial charge in [0.15, 0.2) is 0 Å². The molecule has 1 atom stereocenters. The van der Waals surface area contributed by atoms with Crippen LogP contribution in [0.2, 0.25) is 0 Å². The lowest BCUT2D eigenvalue weighted by atomic mass is 10.2. The monoisotopic (exact) mass is 281 g/mol. The molecule has 1 aromatic carbocycles. The van der Waals surface area contributed by atoms with E-state index in [0.29, 0.717) is 5.75 Å². The van der Waals surface area contributed by atoms with Crippen LogP contribution < -0.4 is 0 Å². The summed E-state index contributed by atoms with van der Waals surface area (Å²) in [6.45, 7) is 3.12. The van der Waals surface area contributed by atoms with E-state index in [-0.39, 0.29) is 6.42 Å². The summed E-state index contributed by atoms with van der Waals surface area (Å²) in [4.78, 5) is 13.7. The van der Waals surface area contributed by atoms with Crippen LogP contribution in [0.25, 0.3) is 0 Å². The van der Waals surface area contributed by atoms with Crippen molar-refractivity contribution in [2.75, 3.05) is 25.4 Å². The zero-order chi connectivity index (χ0) is 13.7. The van der Waals surface area contributed by atoms with Crippen molar-refractivity contribution in [3.63, 3.8) is 0 Å². The zero-order valence-corrected chi connectivity index (χ0v) is 11.7. The van der Waals surface area contributed by atoms with Gasteiger partial charge in [0.05, 0.1) is 17.2 Å². The normalized spacial score (nSPS) is 17.5. The molecule has 4 nitrogen and oxygen atoms in total. The molecule has 0 bridgehead atoms. The standard InChI is InChI=1S/C14H19NO3S/c16-14(17)11-12-3-5-13(6-4-12)19(18)10-9-15-7-1-2-8-15/h3-6H,1-2,7-11H2,(H,16,17). The minimum atomic E-state index is -0.989. The Morgan fingerprint density at radius 3 is 2.42 bits per heavy atom. The number of benzene rings is 1. The molecule has 2 rings (SSSR count). The lowest BCUT2D eigenvalue weighted by Gasteiger charge is -2.13. The summed E-state index contributed by atoms with van der Waals surface area (Å²) >= 11 is 0. The highest BCUT2D eigenvalue weighted by Crippen LogP contribution is 2.12. The van der Waals surface area contributed by atoms with Crippen molar-refractivity contribution in [3.8, 4) is 0 Å². The predicted molar refractivity (Wildman–Crippen MR) is 74.7 cm³/mol. The molecule has 1 aliphatic heterocycles.